The van der Waals surface area contributed by atoms with E-state index >= 15 is 0 Å². The highest BCUT2D eigenvalue weighted by molar-refractivity contribution is 8.00. The molecule has 0 unspecified atom stereocenters. The van der Waals surface area contributed by atoms with Gasteiger partial charge in [-0.2, -0.15) is 4.37 Å². The zero-order valence-corrected chi connectivity index (χ0v) is 12.6. The SMILES string of the molecule is CCc1nsc(SCCCC(C)(C)C(N)=NO)n1. The molecule has 0 radical (unpaired) electrons. The van der Waals surface area contributed by atoms with Crippen molar-refractivity contribution in [1.82, 2.24) is 9.36 Å². The molecule has 0 saturated carbocycles. The molecule has 0 fully saturated rings. The Labute approximate surface area is 116 Å². The van der Waals surface area contributed by atoms with Gasteiger partial charge in [0.1, 0.15) is 11.7 Å². The molecule has 0 atom stereocenters. The summed E-state index contributed by atoms with van der Waals surface area (Å²) in [5.41, 5.74) is 5.38. The topological polar surface area (TPSA) is 84.4 Å². The van der Waals surface area contributed by atoms with Crippen molar-refractivity contribution in [2.24, 2.45) is 16.3 Å². The van der Waals surface area contributed by atoms with Crippen molar-refractivity contribution in [3.63, 3.8) is 0 Å². The number of aryl methyl sites for hydroxylation is 1. The van der Waals surface area contributed by atoms with Crippen LogP contribution in [0.4, 0.5) is 0 Å². The number of hydrogen-bond acceptors (Lipinski definition) is 6. The summed E-state index contributed by atoms with van der Waals surface area (Å²) in [4.78, 5) is 4.40. The molecule has 1 rings (SSSR count). The molecule has 0 aromatic carbocycles. The highest BCUT2D eigenvalue weighted by atomic mass is 32.2. The Morgan fingerprint density at radius 3 is 2.83 bits per heavy atom. The van der Waals surface area contributed by atoms with Crippen molar-refractivity contribution in [2.75, 3.05) is 5.75 Å². The number of nitrogens with two attached hydrogens (primary N) is 1. The number of nitrogens with zero attached hydrogens (tertiary/aromatic N) is 3. The summed E-state index contributed by atoms with van der Waals surface area (Å²) in [6.45, 7) is 6.01. The first-order chi connectivity index (χ1) is 8.49. The summed E-state index contributed by atoms with van der Waals surface area (Å²) in [7, 11) is 0. The highest BCUT2D eigenvalue weighted by Crippen LogP contribution is 2.26. The fourth-order valence-corrected chi connectivity index (χ4v) is 3.08. The van der Waals surface area contributed by atoms with Crippen LogP contribution in [0.15, 0.2) is 9.50 Å². The number of rotatable bonds is 7. The molecule has 5 nitrogen and oxygen atoms in total. The van der Waals surface area contributed by atoms with Gasteiger partial charge in [0.05, 0.1) is 0 Å². The summed E-state index contributed by atoms with van der Waals surface area (Å²) < 4.78 is 5.26. The Morgan fingerprint density at radius 2 is 2.28 bits per heavy atom. The third-order valence-electron chi connectivity index (χ3n) is 2.74. The second-order valence-corrected chi connectivity index (χ2v) is 6.75. The van der Waals surface area contributed by atoms with E-state index in [9.17, 15) is 0 Å². The second-order valence-electron chi connectivity index (χ2n) is 4.65. The molecule has 0 aliphatic heterocycles. The van der Waals surface area contributed by atoms with E-state index in [0.29, 0.717) is 0 Å². The van der Waals surface area contributed by atoms with Gasteiger partial charge < -0.3 is 10.9 Å². The van der Waals surface area contributed by atoms with Crippen LogP contribution in [0.2, 0.25) is 0 Å². The van der Waals surface area contributed by atoms with Crippen LogP contribution in [0.1, 0.15) is 39.4 Å². The van der Waals surface area contributed by atoms with Crippen molar-refractivity contribution in [3.8, 4) is 0 Å². The summed E-state index contributed by atoms with van der Waals surface area (Å²) in [5.74, 6) is 2.18. The van der Waals surface area contributed by atoms with Gasteiger partial charge in [-0.15, -0.1) is 0 Å². The normalized spacial score (nSPS) is 12.9. The molecular formula is C11H20N4OS2. The van der Waals surface area contributed by atoms with E-state index in [2.05, 4.69) is 21.4 Å². The number of thioether (sulfide) groups is 1. The van der Waals surface area contributed by atoms with Gasteiger partial charge in [0, 0.05) is 17.6 Å². The van der Waals surface area contributed by atoms with Gasteiger partial charge in [0.25, 0.3) is 0 Å². The molecule has 0 bridgehead atoms. The van der Waals surface area contributed by atoms with Gasteiger partial charge in [-0.05, 0) is 24.4 Å². The fraction of sp³-hybridized carbons (Fsp3) is 0.727. The molecule has 3 N–H and O–H groups in total. The zero-order valence-electron chi connectivity index (χ0n) is 11.0. The minimum atomic E-state index is -0.259. The number of amidine groups is 1. The molecule has 0 saturated heterocycles. The maximum atomic E-state index is 8.68. The van der Waals surface area contributed by atoms with E-state index in [4.69, 9.17) is 10.9 Å². The van der Waals surface area contributed by atoms with Crippen LogP contribution in [0.25, 0.3) is 0 Å². The molecule has 102 valence electrons. The van der Waals surface area contributed by atoms with Crippen molar-refractivity contribution >= 4 is 29.1 Å². The van der Waals surface area contributed by atoms with Gasteiger partial charge in [0.2, 0.25) is 0 Å². The van der Waals surface area contributed by atoms with E-state index in [-0.39, 0.29) is 11.3 Å². The van der Waals surface area contributed by atoms with Gasteiger partial charge in [-0.3, -0.25) is 0 Å². The van der Waals surface area contributed by atoms with Gasteiger partial charge in [-0.25, -0.2) is 4.98 Å². The maximum absolute atomic E-state index is 8.68. The summed E-state index contributed by atoms with van der Waals surface area (Å²) in [6, 6.07) is 0. The largest absolute Gasteiger partial charge is 0.409 e. The van der Waals surface area contributed by atoms with Crippen molar-refractivity contribution < 1.29 is 5.21 Å². The lowest BCUT2D eigenvalue weighted by molar-refractivity contribution is 0.305. The Bertz CT molecular complexity index is 404. The average molecular weight is 288 g/mol. The lowest BCUT2D eigenvalue weighted by Crippen LogP contribution is -2.31. The van der Waals surface area contributed by atoms with Crippen LogP contribution in [-0.4, -0.2) is 26.2 Å². The molecule has 0 amide bonds. The first-order valence-electron chi connectivity index (χ1n) is 5.93. The first-order valence-corrected chi connectivity index (χ1v) is 7.69. The van der Waals surface area contributed by atoms with E-state index in [1.165, 1.54) is 11.5 Å². The van der Waals surface area contributed by atoms with Crippen LogP contribution in [0, 0.1) is 5.41 Å². The van der Waals surface area contributed by atoms with Crippen LogP contribution >= 0.6 is 23.3 Å². The Kier molecular flexibility index (Phi) is 5.87. The first kappa shape index (κ1) is 15.2. The molecule has 0 aliphatic carbocycles. The molecule has 1 heterocycles. The monoisotopic (exact) mass is 288 g/mol. The van der Waals surface area contributed by atoms with E-state index in [0.717, 1.165) is 35.2 Å². The minimum Gasteiger partial charge on any atom is -0.409 e. The second kappa shape index (κ2) is 6.94. The van der Waals surface area contributed by atoms with E-state index in [1.807, 2.05) is 13.8 Å². The maximum Gasteiger partial charge on any atom is 0.170 e. The van der Waals surface area contributed by atoms with E-state index < -0.39 is 0 Å². The van der Waals surface area contributed by atoms with Crippen molar-refractivity contribution in [3.05, 3.63) is 5.82 Å². The van der Waals surface area contributed by atoms with Crippen LogP contribution in [-0.2, 0) is 6.42 Å². The summed E-state index contributed by atoms with van der Waals surface area (Å²) >= 11 is 3.17. The number of hydrogen-bond donors (Lipinski definition) is 2. The van der Waals surface area contributed by atoms with Crippen LogP contribution in [0.3, 0.4) is 0 Å². The predicted octanol–water partition coefficient (Wildman–Crippen LogP) is 2.75. The minimum absolute atomic E-state index is 0.259. The van der Waals surface area contributed by atoms with Gasteiger partial charge in [-0.1, -0.05) is 37.7 Å². The van der Waals surface area contributed by atoms with Crippen molar-refractivity contribution in [2.45, 2.75) is 44.4 Å². The smallest absolute Gasteiger partial charge is 0.170 e. The van der Waals surface area contributed by atoms with Crippen molar-refractivity contribution in [1.29, 1.82) is 0 Å². The lowest BCUT2D eigenvalue weighted by atomic mass is 9.87. The fourth-order valence-electron chi connectivity index (χ4n) is 1.38. The van der Waals surface area contributed by atoms with Gasteiger partial charge in [0.15, 0.2) is 4.34 Å². The van der Waals surface area contributed by atoms with Crippen LogP contribution in [0.5, 0.6) is 0 Å². The Balaban J connectivity index is 2.30. The van der Waals surface area contributed by atoms with Gasteiger partial charge >= 0.3 is 0 Å². The quantitative estimate of drug-likeness (QED) is 0.201. The molecule has 1 aromatic rings. The molecule has 0 aliphatic rings. The molecule has 1 aromatic heterocycles. The Hall–Kier alpha value is -0.820. The predicted molar refractivity (Wildman–Crippen MR) is 76.4 cm³/mol. The third kappa shape index (κ3) is 4.45. The molecular weight excluding hydrogens is 268 g/mol. The Morgan fingerprint density at radius 1 is 1.56 bits per heavy atom. The highest BCUT2D eigenvalue weighted by Gasteiger charge is 2.22. The number of oxime groups is 1. The average Bonchev–Trinajstić information content (AvgIpc) is 2.81. The third-order valence-corrected chi connectivity index (χ3v) is 4.70. The van der Waals surface area contributed by atoms with Crippen LogP contribution < -0.4 is 5.73 Å². The number of aromatic nitrogens is 2. The molecule has 7 heteroatoms. The lowest BCUT2D eigenvalue weighted by Gasteiger charge is -2.22. The summed E-state index contributed by atoms with van der Waals surface area (Å²) in [6.07, 6.45) is 2.76. The standard InChI is InChI=1S/C11H20N4OS2/c1-4-8-13-10(18-15-8)17-7-5-6-11(2,3)9(12)14-16/h16H,4-7H2,1-3H3,(H2,12,14). The van der Waals surface area contributed by atoms with E-state index in [1.54, 1.807) is 11.8 Å². The molecule has 0 spiro atoms. The zero-order chi connectivity index (χ0) is 13.6. The molecule has 18 heavy (non-hydrogen) atoms. The summed E-state index contributed by atoms with van der Waals surface area (Å²) in [5, 5.41) is 11.8.